The number of aromatic nitrogens is 1. The second kappa shape index (κ2) is 8.09. The molecule has 0 spiro atoms. The summed E-state index contributed by atoms with van der Waals surface area (Å²) in [5, 5.41) is 2.03. The van der Waals surface area contributed by atoms with E-state index in [1.807, 2.05) is 48.7 Å². The quantitative estimate of drug-likeness (QED) is 0.523. The Labute approximate surface area is 162 Å². The summed E-state index contributed by atoms with van der Waals surface area (Å²) in [6, 6.07) is 15.2. The molecule has 1 fully saturated rings. The largest absolute Gasteiger partial charge is 0.492 e. The molecule has 1 aliphatic rings. The number of hydrogen-bond acceptors (Lipinski definition) is 3. The fourth-order valence-corrected chi connectivity index (χ4v) is 4.68. The lowest BCUT2D eigenvalue weighted by Crippen LogP contribution is -2.20. The van der Waals surface area contributed by atoms with Gasteiger partial charge >= 0.3 is 0 Å². The SMILES string of the molecule is CCOc1ccccc1N=c1scc(-c2ccccc2F)n1C1CCCC1. The van der Waals surface area contributed by atoms with Crippen molar-refractivity contribution in [3.05, 3.63) is 64.5 Å². The van der Waals surface area contributed by atoms with Gasteiger partial charge in [-0.15, -0.1) is 11.3 Å². The summed E-state index contributed by atoms with van der Waals surface area (Å²) in [4.78, 5) is 5.81. The van der Waals surface area contributed by atoms with Crippen LogP contribution in [0.3, 0.4) is 0 Å². The zero-order valence-corrected chi connectivity index (χ0v) is 16.2. The van der Waals surface area contributed by atoms with Gasteiger partial charge < -0.3 is 9.30 Å². The van der Waals surface area contributed by atoms with Crippen molar-refractivity contribution >= 4 is 17.0 Å². The highest BCUT2D eigenvalue weighted by Gasteiger charge is 2.22. The Hall–Kier alpha value is -2.40. The highest BCUT2D eigenvalue weighted by atomic mass is 32.1. The minimum atomic E-state index is -0.191. The smallest absolute Gasteiger partial charge is 0.190 e. The molecule has 1 aliphatic carbocycles. The van der Waals surface area contributed by atoms with E-state index in [9.17, 15) is 4.39 Å². The van der Waals surface area contributed by atoms with Crippen molar-refractivity contribution in [3.8, 4) is 17.0 Å². The maximum atomic E-state index is 14.5. The lowest BCUT2D eigenvalue weighted by Gasteiger charge is -2.16. The van der Waals surface area contributed by atoms with Crippen molar-refractivity contribution in [2.75, 3.05) is 6.61 Å². The van der Waals surface area contributed by atoms with E-state index in [-0.39, 0.29) is 5.82 Å². The molecule has 0 N–H and O–H groups in total. The predicted molar refractivity (Wildman–Crippen MR) is 108 cm³/mol. The maximum absolute atomic E-state index is 14.5. The first-order valence-corrected chi connectivity index (χ1v) is 10.4. The van der Waals surface area contributed by atoms with Gasteiger partial charge in [-0.2, -0.15) is 0 Å². The minimum absolute atomic E-state index is 0.191. The number of halogens is 1. The third kappa shape index (κ3) is 3.69. The van der Waals surface area contributed by atoms with Gasteiger partial charge in [0.25, 0.3) is 0 Å². The Morgan fingerprint density at radius 3 is 2.63 bits per heavy atom. The van der Waals surface area contributed by atoms with Crippen LogP contribution in [0.4, 0.5) is 10.1 Å². The van der Waals surface area contributed by atoms with Gasteiger partial charge in [0.2, 0.25) is 0 Å². The normalized spacial score (nSPS) is 15.4. The molecule has 0 aliphatic heterocycles. The van der Waals surface area contributed by atoms with Gasteiger partial charge in [-0.1, -0.05) is 37.1 Å². The summed E-state index contributed by atoms with van der Waals surface area (Å²) in [5.41, 5.74) is 2.37. The molecule has 3 nitrogen and oxygen atoms in total. The molecule has 1 aromatic heterocycles. The van der Waals surface area contributed by atoms with Crippen molar-refractivity contribution in [1.82, 2.24) is 4.57 Å². The zero-order valence-electron chi connectivity index (χ0n) is 15.4. The van der Waals surface area contributed by atoms with E-state index < -0.39 is 0 Å². The van der Waals surface area contributed by atoms with E-state index in [2.05, 4.69) is 4.57 Å². The van der Waals surface area contributed by atoms with E-state index in [4.69, 9.17) is 9.73 Å². The Kier molecular flexibility index (Phi) is 5.39. The molecule has 140 valence electrons. The Morgan fingerprint density at radius 1 is 1.11 bits per heavy atom. The summed E-state index contributed by atoms with van der Waals surface area (Å²) < 4.78 is 22.4. The number of benzene rings is 2. The first-order chi connectivity index (χ1) is 13.3. The van der Waals surface area contributed by atoms with Crippen LogP contribution in [0, 0.1) is 5.82 Å². The summed E-state index contributed by atoms with van der Waals surface area (Å²) in [6.45, 7) is 2.57. The number of rotatable bonds is 5. The molecule has 2 aromatic carbocycles. The number of thiazole rings is 1. The summed E-state index contributed by atoms with van der Waals surface area (Å²) in [7, 11) is 0. The third-order valence-corrected chi connectivity index (χ3v) is 5.80. The van der Waals surface area contributed by atoms with E-state index in [1.165, 1.54) is 18.9 Å². The minimum Gasteiger partial charge on any atom is -0.492 e. The molecule has 3 aromatic rings. The first-order valence-electron chi connectivity index (χ1n) is 9.49. The lowest BCUT2D eigenvalue weighted by atomic mass is 10.1. The molecule has 1 heterocycles. The van der Waals surface area contributed by atoms with Gasteiger partial charge in [0.15, 0.2) is 4.80 Å². The summed E-state index contributed by atoms with van der Waals surface area (Å²) >= 11 is 1.56. The Balaban J connectivity index is 1.88. The van der Waals surface area contributed by atoms with E-state index in [1.54, 1.807) is 17.4 Å². The predicted octanol–water partition coefficient (Wildman–Crippen LogP) is 6.10. The monoisotopic (exact) mass is 382 g/mol. The fourth-order valence-electron chi connectivity index (χ4n) is 3.71. The van der Waals surface area contributed by atoms with Crippen LogP contribution in [-0.2, 0) is 0 Å². The van der Waals surface area contributed by atoms with Crippen LogP contribution in [0.1, 0.15) is 38.6 Å². The molecule has 5 heteroatoms. The van der Waals surface area contributed by atoms with Crippen LogP contribution in [0.2, 0.25) is 0 Å². The van der Waals surface area contributed by atoms with Crippen LogP contribution in [0.15, 0.2) is 58.9 Å². The van der Waals surface area contributed by atoms with Gasteiger partial charge in [-0.05, 0) is 44.0 Å². The highest BCUT2D eigenvalue weighted by Crippen LogP contribution is 2.35. The molecule has 0 atom stereocenters. The number of para-hydroxylation sites is 2. The molecule has 0 bridgehead atoms. The van der Waals surface area contributed by atoms with Gasteiger partial charge in [0.1, 0.15) is 17.3 Å². The first kappa shape index (κ1) is 18.0. The maximum Gasteiger partial charge on any atom is 0.190 e. The van der Waals surface area contributed by atoms with Gasteiger partial charge in [-0.25, -0.2) is 9.38 Å². The second-order valence-electron chi connectivity index (χ2n) is 6.70. The topological polar surface area (TPSA) is 26.5 Å². The third-order valence-electron chi connectivity index (χ3n) is 4.96. The van der Waals surface area contributed by atoms with Crippen molar-refractivity contribution in [2.45, 2.75) is 38.6 Å². The number of nitrogens with zero attached hydrogens (tertiary/aromatic N) is 2. The van der Waals surface area contributed by atoms with E-state index in [0.29, 0.717) is 18.2 Å². The highest BCUT2D eigenvalue weighted by molar-refractivity contribution is 7.07. The summed E-state index contributed by atoms with van der Waals surface area (Å²) in [6.07, 6.45) is 4.63. The van der Waals surface area contributed by atoms with Crippen LogP contribution in [0.25, 0.3) is 11.3 Å². The molecule has 1 saturated carbocycles. The van der Waals surface area contributed by atoms with E-state index >= 15 is 0 Å². The molecule has 0 unspecified atom stereocenters. The van der Waals surface area contributed by atoms with Crippen LogP contribution >= 0.6 is 11.3 Å². The Morgan fingerprint density at radius 2 is 1.85 bits per heavy atom. The molecule has 0 saturated heterocycles. The van der Waals surface area contributed by atoms with Crippen molar-refractivity contribution in [3.63, 3.8) is 0 Å². The van der Waals surface area contributed by atoms with Gasteiger partial charge in [0.05, 0.1) is 12.3 Å². The lowest BCUT2D eigenvalue weighted by molar-refractivity contribution is 0.341. The van der Waals surface area contributed by atoms with Crippen molar-refractivity contribution in [2.24, 2.45) is 4.99 Å². The fraction of sp³-hybridized carbons (Fsp3) is 0.318. The average Bonchev–Trinajstić information content (AvgIpc) is 3.33. The molecular formula is C22H23FN2OS. The molecule has 4 rings (SSSR count). The standard InChI is InChI=1S/C22H23FN2OS/c1-2-26-21-14-8-7-13-19(21)24-22-25(16-9-3-4-10-16)20(15-27-22)17-11-5-6-12-18(17)23/h5-8,11-16H,2-4,9-10H2,1H3. The second-order valence-corrected chi connectivity index (χ2v) is 7.54. The molecular weight excluding hydrogens is 359 g/mol. The summed E-state index contributed by atoms with van der Waals surface area (Å²) in [5.74, 6) is 0.585. The van der Waals surface area contributed by atoms with Crippen molar-refractivity contribution in [1.29, 1.82) is 0 Å². The molecule has 0 amide bonds. The number of ether oxygens (including phenoxy) is 1. The van der Waals surface area contributed by atoms with E-state index in [0.717, 1.165) is 34.8 Å². The van der Waals surface area contributed by atoms with Gasteiger partial charge in [0, 0.05) is 17.0 Å². The van der Waals surface area contributed by atoms with Crippen molar-refractivity contribution < 1.29 is 9.13 Å². The van der Waals surface area contributed by atoms with Crippen LogP contribution in [0.5, 0.6) is 5.75 Å². The van der Waals surface area contributed by atoms with Crippen LogP contribution < -0.4 is 9.54 Å². The number of hydrogen-bond donors (Lipinski definition) is 0. The van der Waals surface area contributed by atoms with Crippen LogP contribution in [-0.4, -0.2) is 11.2 Å². The molecule has 27 heavy (non-hydrogen) atoms. The Bertz CT molecular complexity index is 986. The van der Waals surface area contributed by atoms with Gasteiger partial charge in [-0.3, -0.25) is 0 Å². The average molecular weight is 383 g/mol. The zero-order chi connectivity index (χ0) is 18.6. The molecule has 0 radical (unpaired) electrons.